The Balaban J connectivity index is 0.00000243. The molecule has 2 amide bonds. The molecule has 4 N–H and O–H groups in total. The van der Waals surface area contributed by atoms with Gasteiger partial charge in [-0.15, -0.1) is 12.4 Å². The summed E-state index contributed by atoms with van der Waals surface area (Å²) in [5.74, 6) is 1.11. The SMILES string of the molecule is CCCC(=O)Nc1cccc(NC(=O)C2CC3CCCC(C2)C3N)c1.Cl. The molecule has 2 aliphatic rings. The Labute approximate surface area is 161 Å². The zero-order chi connectivity index (χ0) is 17.8. The molecule has 0 spiro atoms. The van der Waals surface area contributed by atoms with Crippen LogP contribution in [-0.2, 0) is 9.59 Å². The molecule has 5 nitrogen and oxygen atoms in total. The summed E-state index contributed by atoms with van der Waals surface area (Å²) in [6.07, 6.45) is 6.67. The first kappa shape index (κ1) is 20.7. The van der Waals surface area contributed by atoms with Crippen molar-refractivity contribution in [2.45, 2.75) is 57.9 Å². The summed E-state index contributed by atoms with van der Waals surface area (Å²) in [5, 5.41) is 5.90. The van der Waals surface area contributed by atoms with E-state index in [0.29, 0.717) is 18.3 Å². The van der Waals surface area contributed by atoms with Crippen LogP contribution in [0.5, 0.6) is 0 Å². The second-order valence-corrected chi connectivity index (χ2v) is 7.56. The first-order valence-electron chi connectivity index (χ1n) is 9.53. The van der Waals surface area contributed by atoms with Crippen LogP contribution >= 0.6 is 12.4 Å². The number of nitrogens with one attached hydrogen (secondary N) is 2. The van der Waals surface area contributed by atoms with Gasteiger partial charge in [-0.05, 0) is 62.1 Å². The molecule has 1 aromatic rings. The lowest BCUT2D eigenvalue weighted by Crippen LogP contribution is -2.48. The van der Waals surface area contributed by atoms with Crippen LogP contribution in [0, 0.1) is 17.8 Å². The van der Waals surface area contributed by atoms with Gasteiger partial charge >= 0.3 is 0 Å². The average Bonchev–Trinajstić information content (AvgIpc) is 2.55. The van der Waals surface area contributed by atoms with Gasteiger partial charge in [0.15, 0.2) is 0 Å². The third kappa shape index (κ3) is 4.98. The number of nitrogens with two attached hydrogens (primary N) is 1. The van der Waals surface area contributed by atoms with E-state index in [-0.39, 0.29) is 36.2 Å². The topological polar surface area (TPSA) is 84.2 Å². The summed E-state index contributed by atoms with van der Waals surface area (Å²) in [7, 11) is 0. The standard InChI is InChI=1S/C20H29N3O2.ClH/c1-2-5-18(24)22-16-8-4-9-17(12-16)23-20(25)15-10-13-6-3-7-14(11-15)19(13)21;/h4,8-9,12-15,19H,2-3,5-7,10-11,21H2,1H3,(H,22,24)(H,23,25);1H. The fraction of sp³-hybridized carbons (Fsp3) is 0.600. The van der Waals surface area contributed by atoms with E-state index in [1.807, 2.05) is 31.2 Å². The van der Waals surface area contributed by atoms with E-state index in [9.17, 15) is 9.59 Å². The second-order valence-electron chi connectivity index (χ2n) is 7.56. The van der Waals surface area contributed by atoms with E-state index < -0.39 is 0 Å². The number of benzene rings is 1. The highest BCUT2D eigenvalue weighted by Gasteiger charge is 2.40. The number of hydrogen-bond donors (Lipinski definition) is 3. The molecule has 26 heavy (non-hydrogen) atoms. The van der Waals surface area contributed by atoms with Crippen LogP contribution in [0.2, 0.25) is 0 Å². The molecule has 2 bridgehead atoms. The van der Waals surface area contributed by atoms with Crippen LogP contribution in [0.15, 0.2) is 24.3 Å². The summed E-state index contributed by atoms with van der Waals surface area (Å²) in [5.41, 5.74) is 7.77. The van der Waals surface area contributed by atoms with Crippen molar-refractivity contribution >= 4 is 35.6 Å². The van der Waals surface area contributed by atoms with Gasteiger partial charge in [-0.1, -0.05) is 19.4 Å². The highest BCUT2D eigenvalue weighted by molar-refractivity contribution is 5.95. The van der Waals surface area contributed by atoms with Gasteiger partial charge in [0.2, 0.25) is 11.8 Å². The van der Waals surface area contributed by atoms with Gasteiger partial charge in [-0.3, -0.25) is 9.59 Å². The summed E-state index contributed by atoms with van der Waals surface area (Å²) < 4.78 is 0. The average molecular weight is 380 g/mol. The van der Waals surface area contributed by atoms with E-state index in [1.165, 1.54) is 6.42 Å². The van der Waals surface area contributed by atoms with Crippen molar-refractivity contribution in [1.29, 1.82) is 0 Å². The fourth-order valence-electron chi connectivity index (χ4n) is 4.37. The molecule has 2 aliphatic carbocycles. The van der Waals surface area contributed by atoms with Crippen molar-refractivity contribution in [1.82, 2.24) is 0 Å². The zero-order valence-corrected chi connectivity index (χ0v) is 16.2. The molecule has 0 aromatic heterocycles. The second kappa shape index (κ2) is 9.38. The lowest BCUT2D eigenvalue weighted by molar-refractivity contribution is -0.122. The Hall–Kier alpha value is -1.59. The van der Waals surface area contributed by atoms with Gasteiger partial charge < -0.3 is 16.4 Å². The van der Waals surface area contributed by atoms with Crippen molar-refractivity contribution in [3.05, 3.63) is 24.3 Å². The third-order valence-electron chi connectivity index (χ3n) is 5.67. The van der Waals surface area contributed by atoms with Crippen LogP contribution in [-0.4, -0.2) is 17.9 Å². The Kier molecular flexibility index (Phi) is 7.47. The lowest BCUT2D eigenvalue weighted by atomic mass is 9.65. The van der Waals surface area contributed by atoms with Gasteiger partial charge in [0.05, 0.1) is 0 Å². The Morgan fingerprint density at radius 2 is 1.73 bits per heavy atom. The summed E-state index contributed by atoms with van der Waals surface area (Å²) in [6, 6.07) is 7.65. The van der Waals surface area contributed by atoms with E-state index >= 15 is 0 Å². The van der Waals surface area contributed by atoms with Crippen LogP contribution in [0.1, 0.15) is 51.9 Å². The van der Waals surface area contributed by atoms with Gasteiger partial charge in [0, 0.05) is 29.8 Å². The molecule has 0 heterocycles. The quantitative estimate of drug-likeness (QED) is 0.724. The molecule has 2 fully saturated rings. The van der Waals surface area contributed by atoms with Crippen molar-refractivity contribution < 1.29 is 9.59 Å². The number of halogens is 1. The molecule has 2 saturated carbocycles. The van der Waals surface area contributed by atoms with Gasteiger partial charge in [-0.25, -0.2) is 0 Å². The van der Waals surface area contributed by atoms with Crippen molar-refractivity contribution in [2.75, 3.05) is 10.6 Å². The zero-order valence-electron chi connectivity index (χ0n) is 15.4. The maximum atomic E-state index is 12.7. The number of hydrogen-bond acceptors (Lipinski definition) is 3. The molecule has 0 aliphatic heterocycles. The molecule has 3 rings (SSSR count). The molecule has 144 valence electrons. The summed E-state index contributed by atoms with van der Waals surface area (Å²) in [6.45, 7) is 1.97. The number of rotatable bonds is 5. The Morgan fingerprint density at radius 3 is 2.35 bits per heavy atom. The predicted molar refractivity (Wildman–Crippen MR) is 107 cm³/mol. The van der Waals surface area contributed by atoms with E-state index in [0.717, 1.165) is 43.5 Å². The highest BCUT2D eigenvalue weighted by Crippen LogP contribution is 2.42. The summed E-state index contributed by atoms with van der Waals surface area (Å²) in [4.78, 5) is 24.4. The van der Waals surface area contributed by atoms with E-state index in [1.54, 1.807) is 0 Å². The largest absolute Gasteiger partial charge is 0.327 e. The minimum Gasteiger partial charge on any atom is -0.327 e. The normalized spacial score (nSPS) is 27.2. The van der Waals surface area contributed by atoms with Crippen molar-refractivity contribution in [2.24, 2.45) is 23.5 Å². The molecule has 2 unspecified atom stereocenters. The van der Waals surface area contributed by atoms with Gasteiger partial charge in [0.25, 0.3) is 0 Å². The molecular formula is C20H30ClN3O2. The third-order valence-corrected chi connectivity index (χ3v) is 5.67. The van der Waals surface area contributed by atoms with Gasteiger partial charge in [-0.2, -0.15) is 0 Å². The minimum atomic E-state index is 0. The molecular weight excluding hydrogens is 350 g/mol. The number of amides is 2. The number of fused-ring (bicyclic) bond motifs is 2. The first-order valence-corrected chi connectivity index (χ1v) is 9.53. The van der Waals surface area contributed by atoms with Crippen molar-refractivity contribution in [3.8, 4) is 0 Å². The van der Waals surface area contributed by atoms with Crippen LogP contribution < -0.4 is 16.4 Å². The Morgan fingerprint density at radius 1 is 1.12 bits per heavy atom. The molecule has 0 saturated heterocycles. The predicted octanol–water partition coefficient (Wildman–Crippen LogP) is 3.94. The van der Waals surface area contributed by atoms with E-state index in [4.69, 9.17) is 5.73 Å². The molecule has 6 heteroatoms. The minimum absolute atomic E-state index is 0. The molecule has 0 radical (unpaired) electrons. The number of anilines is 2. The lowest BCUT2D eigenvalue weighted by Gasteiger charge is -2.43. The number of carbonyl (C=O) groups excluding carboxylic acids is 2. The smallest absolute Gasteiger partial charge is 0.227 e. The fourth-order valence-corrected chi connectivity index (χ4v) is 4.37. The Bertz CT molecular complexity index is 623. The molecule has 1 aromatic carbocycles. The van der Waals surface area contributed by atoms with Crippen LogP contribution in [0.4, 0.5) is 11.4 Å². The summed E-state index contributed by atoms with van der Waals surface area (Å²) >= 11 is 0. The first-order chi connectivity index (χ1) is 12.1. The van der Waals surface area contributed by atoms with Crippen LogP contribution in [0.3, 0.4) is 0 Å². The van der Waals surface area contributed by atoms with Gasteiger partial charge in [0.1, 0.15) is 0 Å². The highest BCUT2D eigenvalue weighted by atomic mass is 35.5. The monoisotopic (exact) mass is 379 g/mol. The molecule has 2 atom stereocenters. The van der Waals surface area contributed by atoms with E-state index in [2.05, 4.69) is 10.6 Å². The van der Waals surface area contributed by atoms with Crippen molar-refractivity contribution in [3.63, 3.8) is 0 Å². The number of carbonyl (C=O) groups is 2. The maximum Gasteiger partial charge on any atom is 0.227 e. The maximum absolute atomic E-state index is 12.7. The van der Waals surface area contributed by atoms with Crippen LogP contribution in [0.25, 0.3) is 0 Å².